The zero-order valence-electron chi connectivity index (χ0n) is 15.7. The van der Waals surface area contributed by atoms with Crippen molar-refractivity contribution in [3.63, 3.8) is 0 Å². The van der Waals surface area contributed by atoms with Gasteiger partial charge in [0.05, 0.1) is 18.8 Å². The van der Waals surface area contributed by atoms with E-state index < -0.39 is 12.1 Å². The predicted octanol–water partition coefficient (Wildman–Crippen LogP) is 3.48. The molecular formula is C19H25F4NO4. The molecule has 9 heteroatoms. The average Bonchev–Trinajstić information content (AvgIpc) is 2.99. The molecule has 1 aromatic rings. The van der Waals surface area contributed by atoms with Gasteiger partial charge in [0.2, 0.25) is 0 Å². The summed E-state index contributed by atoms with van der Waals surface area (Å²) in [5, 5.41) is 7.12. The molecule has 2 aliphatic rings. The lowest BCUT2D eigenvalue weighted by Crippen LogP contribution is -2.54. The number of carboxylic acids is 1. The Hall–Kier alpha value is -1.71. The molecule has 3 rings (SSSR count). The molecular weight excluding hydrogens is 382 g/mol. The highest BCUT2D eigenvalue weighted by molar-refractivity contribution is 5.73. The summed E-state index contributed by atoms with van der Waals surface area (Å²) >= 11 is 0. The summed E-state index contributed by atoms with van der Waals surface area (Å²) in [6.07, 6.45) is -1.54. The SMILES string of the molecule is COC[C@@H]1CCC[C@@]12CN(Cc1ccc(F)cc1)CCO2.O=C(O)C(F)(F)F. The van der Waals surface area contributed by atoms with Crippen molar-refractivity contribution in [1.29, 1.82) is 0 Å². The maximum atomic E-state index is 13.0. The van der Waals surface area contributed by atoms with Crippen LogP contribution in [0, 0.1) is 11.7 Å². The van der Waals surface area contributed by atoms with E-state index in [0.29, 0.717) is 5.92 Å². The van der Waals surface area contributed by atoms with E-state index in [9.17, 15) is 17.6 Å². The Labute approximate surface area is 161 Å². The standard InChI is InChI=1S/C17H24FNO2.C2HF3O2/c1-20-12-15-3-2-8-17(15)13-19(9-10-21-17)11-14-4-6-16(18)7-5-14;3-2(4,5)1(6)7/h4-7,15H,2-3,8-13H2,1H3;(H,6,7)/t15-,17+;/m0./s1. The predicted molar refractivity (Wildman–Crippen MR) is 93.3 cm³/mol. The van der Waals surface area contributed by atoms with E-state index in [1.54, 1.807) is 7.11 Å². The highest BCUT2D eigenvalue weighted by Crippen LogP contribution is 2.41. The summed E-state index contributed by atoms with van der Waals surface area (Å²) in [7, 11) is 1.77. The van der Waals surface area contributed by atoms with Crippen LogP contribution >= 0.6 is 0 Å². The molecule has 1 spiro atoms. The van der Waals surface area contributed by atoms with Crippen LogP contribution in [-0.2, 0) is 20.8 Å². The lowest BCUT2D eigenvalue weighted by molar-refractivity contribution is -0.192. The monoisotopic (exact) mass is 407 g/mol. The maximum Gasteiger partial charge on any atom is 0.490 e. The van der Waals surface area contributed by atoms with E-state index in [0.717, 1.165) is 44.8 Å². The zero-order valence-corrected chi connectivity index (χ0v) is 15.7. The van der Waals surface area contributed by atoms with Gasteiger partial charge in [-0.3, -0.25) is 4.90 Å². The van der Waals surface area contributed by atoms with Gasteiger partial charge in [0.15, 0.2) is 0 Å². The first-order chi connectivity index (χ1) is 13.2. The molecule has 0 bridgehead atoms. The van der Waals surface area contributed by atoms with Crippen LogP contribution < -0.4 is 0 Å². The van der Waals surface area contributed by atoms with Gasteiger partial charge in [0, 0.05) is 32.7 Å². The Kier molecular flexibility index (Phi) is 7.79. The first kappa shape index (κ1) is 22.6. The fourth-order valence-electron chi connectivity index (χ4n) is 3.81. The van der Waals surface area contributed by atoms with E-state index in [1.165, 1.54) is 25.0 Å². The van der Waals surface area contributed by atoms with Crippen molar-refractivity contribution >= 4 is 5.97 Å². The maximum absolute atomic E-state index is 13.0. The number of alkyl halides is 3. The van der Waals surface area contributed by atoms with Gasteiger partial charge in [0.25, 0.3) is 0 Å². The second-order valence-corrected chi connectivity index (χ2v) is 7.10. The number of carbonyl (C=O) groups is 1. The number of halogens is 4. The Morgan fingerprint density at radius 1 is 1.36 bits per heavy atom. The van der Waals surface area contributed by atoms with Crippen LogP contribution in [0.15, 0.2) is 24.3 Å². The van der Waals surface area contributed by atoms with Crippen LogP contribution in [0.1, 0.15) is 24.8 Å². The van der Waals surface area contributed by atoms with Crippen LogP contribution in [-0.4, -0.2) is 61.2 Å². The Bertz CT molecular complexity index is 638. The van der Waals surface area contributed by atoms with Gasteiger partial charge >= 0.3 is 12.1 Å². The molecule has 158 valence electrons. The lowest BCUT2D eigenvalue weighted by atomic mass is 9.89. The quantitative estimate of drug-likeness (QED) is 0.775. The van der Waals surface area contributed by atoms with Gasteiger partial charge in [0.1, 0.15) is 5.82 Å². The van der Waals surface area contributed by atoms with Gasteiger partial charge in [-0.2, -0.15) is 13.2 Å². The van der Waals surface area contributed by atoms with E-state index in [-0.39, 0.29) is 11.4 Å². The number of hydrogen-bond donors (Lipinski definition) is 1. The van der Waals surface area contributed by atoms with Crippen LogP contribution in [0.3, 0.4) is 0 Å². The fraction of sp³-hybridized carbons (Fsp3) is 0.632. The second-order valence-electron chi connectivity index (χ2n) is 7.10. The summed E-state index contributed by atoms with van der Waals surface area (Å²) in [5.74, 6) is -2.43. The third-order valence-electron chi connectivity index (χ3n) is 5.11. The van der Waals surface area contributed by atoms with Crippen LogP contribution in [0.25, 0.3) is 0 Å². The summed E-state index contributed by atoms with van der Waals surface area (Å²) in [5.41, 5.74) is 1.13. The topological polar surface area (TPSA) is 59.0 Å². The third kappa shape index (κ3) is 6.15. The lowest BCUT2D eigenvalue weighted by Gasteiger charge is -2.44. The molecule has 5 nitrogen and oxygen atoms in total. The summed E-state index contributed by atoms with van der Waals surface area (Å²) in [4.78, 5) is 11.3. The van der Waals surface area contributed by atoms with Gasteiger partial charge in [-0.05, 0) is 30.5 Å². The van der Waals surface area contributed by atoms with E-state index in [2.05, 4.69) is 4.90 Å². The number of ether oxygens (including phenoxy) is 2. The summed E-state index contributed by atoms with van der Waals surface area (Å²) < 4.78 is 56.3. The molecule has 0 unspecified atom stereocenters. The number of morpholine rings is 1. The number of rotatable bonds is 4. The highest BCUT2D eigenvalue weighted by Gasteiger charge is 2.46. The van der Waals surface area contributed by atoms with Crippen molar-refractivity contribution in [2.45, 2.75) is 37.6 Å². The molecule has 28 heavy (non-hydrogen) atoms. The molecule has 1 aliphatic carbocycles. The Balaban J connectivity index is 0.000000345. The number of carboxylic acid groups (broad SMARTS) is 1. The molecule has 0 amide bonds. The highest BCUT2D eigenvalue weighted by atomic mass is 19.4. The van der Waals surface area contributed by atoms with Gasteiger partial charge in [-0.15, -0.1) is 0 Å². The molecule has 1 saturated carbocycles. The largest absolute Gasteiger partial charge is 0.490 e. The van der Waals surface area contributed by atoms with E-state index >= 15 is 0 Å². The molecule has 1 aromatic carbocycles. The van der Waals surface area contributed by atoms with Crippen LogP contribution in [0.4, 0.5) is 17.6 Å². The molecule has 1 aliphatic heterocycles. The first-order valence-electron chi connectivity index (χ1n) is 9.06. The average molecular weight is 407 g/mol. The molecule has 2 atom stereocenters. The van der Waals surface area contributed by atoms with Crippen molar-refractivity contribution in [3.8, 4) is 0 Å². The second kappa shape index (κ2) is 9.67. The Morgan fingerprint density at radius 3 is 2.57 bits per heavy atom. The van der Waals surface area contributed by atoms with Crippen molar-refractivity contribution in [3.05, 3.63) is 35.6 Å². The fourth-order valence-corrected chi connectivity index (χ4v) is 3.81. The van der Waals surface area contributed by atoms with Gasteiger partial charge < -0.3 is 14.6 Å². The normalized spacial score (nSPS) is 25.4. The van der Waals surface area contributed by atoms with Crippen molar-refractivity contribution < 1.29 is 36.9 Å². The van der Waals surface area contributed by atoms with E-state index in [1.807, 2.05) is 12.1 Å². The minimum absolute atomic E-state index is 0.0334. The molecule has 0 radical (unpaired) electrons. The Morgan fingerprint density at radius 2 is 2.00 bits per heavy atom. The van der Waals surface area contributed by atoms with Crippen molar-refractivity contribution in [1.82, 2.24) is 4.90 Å². The molecule has 1 saturated heterocycles. The van der Waals surface area contributed by atoms with E-state index in [4.69, 9.17) is 19.4 Å². The van der Waals surface area contributed by atoms with Gasteiger partial charge in [-0.1, -0.05) is 18.6 Å². The molecule has 1 N–H and O–H groups in total. The summed E-state index contributed by atoms with van der Waals surface area (Å²) in [6, 6.07) is 6.82. The first-order valence-corrected chi connectivity index (χ1v) is 9.06. The minimum Gasteiger partial charge on any atom is -0.475 e. The van der Waals surface area contributed by atoms with Crippen molar-refractivity contribution in [2.75, 3.05) is 33.4 Å². The number of hydrogen-bond acceptors (Lipinski definition) is 4. The molecule has 0 aromatic heterocycles. The third-order valence-corrected chi connectivity index (χ3v) is 5.11. The molecule has 1 heterocycles. The number of nitrogens with zero attached hydrogens (tertiary/aromatic N) is 1. The number of benzene rings is 1. The number of methoxy groups -OCH3 is 1. The zero-order chi connectivity index (χ0) is 20.8. The van der Waals surface area contributed by atoms with Crippen LogP contribution in [0.2, 0.25) is 0 Å². The smallest absolute Gasteiger partial charge is 0.475 e. The van der Waals surface area contributed by atoms with Crippen molar-refractivity contribution in [2.24, 2.45) is 5.92 Å². The summed E-state index contributed by atoms with van der Waals surface area (Å²) in [6.45, 7) is 4.33. The van der Waals surface area contributed by atoms with Crippen LogP contribution in [0.5, 0.6) is 0 Å². The minimum atomic E-state index is -5.08. The number of aliphatic carboxylic acids is 1. The molecule has 2 fully saturated rings. The van der Waals surface area contributed by atoms with Gasteiger partial charge in [-0.25, -0.2) is 9.18 Å².